The number of fused-ring (bicyclic) bond motifs is 1. The van der Waals surface area contributed by atoms with Gasteiger partial charge in [-0.2, -0.15) is 0 Å². The highest BCUT2D eigenvalue weighted by Crippen LogP contribution is 2.33. The second-order valence-corrected chi connectivity index (χ2v) is 5.76. The number of hydrogen-bond acceptors (Lipinski definition) is 2. The fourth-order valence-corrected chi connectivity index (χ4v) is 3.05. The first-order valence-electron chi connectivity index (χ1n) is 5.99. The van der Waals surface area contributed by atoms with Crippen LogP contribution in [0.3, 0.4) is 0 Å². The van der Waals surface area contributed by atoms with E-state index in [1.807, 2.05) is 30.3 Å². The smallest absolute Gasteiger partial charge is 0.171 e. The van der Waals surface area contributed by atoms with Crippen LogP contribution in [-0.2, 0) is 6.42 Å². The van der Waals surface area contributed by atoms with Gasteiger partial charge in [0.1, 0.15) is 0 Å². The van der Waals surface area contributed by atoms with E-state index >= 15 is 0 Å². The summed E-state index contributed by atoms with van der Waals surface area (Å²) in [5, 5.41) is 0. The maximum Gasteiger partial charge on any atom is 0.171 e. The molecule has 0 aliphatic heterocycles. The van der Waals surface area contributed by atoms with Crippen LogP contribution in [0.5, 0.6) is 0 Å². The van der Waals surface area contributed by atoms with Gasteiger partial charge in [0.25, 0.3) is 0 Å². The molecule has 2 nitrogen and oxygen atoms in total. The molecule has 1 heterocycles. The van der Waals surface area contributed by atoms with Gasteiger partial charge in [0.2, 0.25) is 0 Å². The number of carbonyl (C=O) groups excluding carboxylic acids is 1. The first-order valence-corrected chi connectivity index (χ1v) is 7.07. The van der Waals surface area contributed by atoms with Crippen molar-refractivity contribution in [3.05, 3.63) is 63.0 Å². The average molecular weight is 349 g/mol. The summed E-state index contributed by atoms with van der Waals surface area (Å²) < 4.78 is 1.10. The Hall–Kier alpha value is -1.23. The standard InChI is InChI=1S/C15H12INO/c16-12-5-1-3-11(9-12)15(18)13-7-6-10-4-2-8-17-14(10)13/h1-5,8-9,13H,6-7H2. The van der Waals surface area contributed by atoms with Gasteiger partial charge in [-0.25, -0.2) is 0 Å². The van der Waals surface area contributed by atoms with Crippen molar-refractivity contribution in [2.24, 2.45) is 0 Å². The molecule has 1 aromatic carbocycles. The molecule has 0 amide bonds. The second kappa shape index (κ2) is 4.80. The molecule has 0 bridgehead atoms. The maximum absolute atomic E-state index is 12.5. The van der Waals surface area contributed by atoms with E-state index in [0.29, 0.717) is 0 Å². The molecule has 1 aliphatic rings. The van der Waals surface area contributed by atoms with Gasteiger partial charge in [-0.3, -0.25) is 9.78 Å². The number of nitrogens with zero attached hydrogens (tertiary/aromatic N) is 1. The third-order valence-corrected chi connectivity index (χ3v) is 4.06. The lowest BCUT2D eigenvalue weighted by Gasteiger charge is -2.09. The van der Waals surface area contributed by atoms with Crippen LogP contribution >= 0.6 is 22.6 Å². The lowest BCUT2D eigenvalue weighted by molar-refractivity contribution is 0.0958. The Bertz CT molecular complexity index is 609. The van der Waals surface area contributed by atoms with Crippen molar-refractivity contribution in [1.29, 1.82) is 0 Å². The summed E-state index contributed by atoms with van der Waals surface area (Å²) in [6.07, 6.45) is 3.62. The van der Waals surface area contributed by atoms with Crippen molar-refractivity contribution in [3.63, 3.8) is 0 Å². The van der Waals surface area contributed by atoms with Crippen LogP contribution < -0.4 is 0 Å². The Balaban J connectivity index is 1.96. The van der Waals surface area contributed by atoms with Gasteiger partial charge >= 0.3 is 0 Å². The topological polar surface area (TPSA) is 30.0 Å². The second-order valence-electron chi connectivity index (χ2n) is 4.51. The van der Waals surface area contributed by atoms with E-state index < -0.39 is 0 Å². The van der Waals surface area contributed by atoms with Crippen LogP contribution in [0.1, 0.15) is 34.0 Å². The van der Waals surface area contributed by atoms with E-state index in [4.69, 9.17) is 0 Å². The highest BCUT2D eigenvalue weighted by Gasteiger charge is 2.30. The molecule has 0 radical (unpaired) electrons. The number of pyridine rings is 1. The first kappa shape index (κ1) is 11.8. The predicted octanol–water partition coefficient (Wildman–Crippen LogP) is 3.60. The number of hydrogen-bond donors (Lipinski definition) is 0. The molecule has 1 aliphatic carbocycles. The van der Waals surface area contributed by atoms with Crippen molar-refractivity contribution in [1.82, 2.24) is 4.98 Å². The molecule has 18 heavy (non-hydrogen) atoms. The van der Waals surface area contributed by atoms with Crippen LogP contribution in [0.2, 0.25) is 0 Å². The van der Waals surface area contributed by atoms with E-state index in [0.717, 1.165) is 27.7 Å². The van der Waals surface area contributed by atoms with Gasteiger partial charge in [0.05, 0.1) is 11.6 Å². The molecule has 0 saturated carbocycles. The van der Waals surface area contributed by atoms with Crippen molar-refractivity contribution < 1.29 is 4.79 Å². The summed E-state index contributed by atoms with van der Waals surface area (Å²) in [6, 6.07) is 11.8. The molecule has 3 heteroatoms. The van der Waals surface area contributed by atoms with Crippen LogP contribution in [0.4, 0.5) is 0 Å². The summed E-state index contributed by atoms with van der Waals surface area (Å²) in [4.78, 5) is 16.9. The SMILES string of the molecule is O=C(c1cccc(I)c1)C1CCc2cccnc21. The molecule has 1 unspecified atom stereocenters. The number of aryl methyl sites for hydroxylation is 1. The lowest BCUT2D eigenvalue weighted by Crippen LogP contribution is -2.11. The van der Waals surface area contributed by atoms with Crippen LogP contribution in [0, 0.1) is 3.57 Å². The number of benzene rings is 1. The molecule has 0 saturated heterocycles. The number of halogens is 1. The van der Waals surface area contributed by atoms with Gasteiger partial charge in [0.15, 0.2) is 5.78 Å². The number of ketones is 1. The summed E-state index contributed by atoms with van der Waals surface area (Å²) in [5.74, 6) is 0.144. The third-order valence-electron chi connectivity index (χ3n) is 3.38. The summed E-state index contributed by atoms with van der Waals surface area (Å²) in [5.41, 5.74) is 2.99. The molecule has 1 atom stereocenters. The van der Waals surface area contributed by atoms with E-state index in [2.05, 4.69) is 33.6 Å². The highest BCUT2D eigenvalue weighted by atomic mass is 127. The Morgan fingerprint density at radius 1 is 1.28 bits per heavy atom. The lowest BCUT2D eigenvalue weighted by atomic mass is 9.95. The van der Waals surface area contributed by atoms with Gasteiger partial charge in [-0.15, -0.1) is 0 Å². The normalized spacial score (nSPS) is 17.5. The van der Waals surface area contributed by atoms with Gasteiger partial charge in [0, 0.05) is 15.3 Å². The van der Waals surface area contributed by atoms with Crippen molar-refractivity contribution in [2.75, 3.05) is 0 Å². The zero-order valence-corrected chi connectivity index (χ0v) is 11.9. The zero-order valence-electron chi connectivity index (χ0n) is 9.77. The van der Waals surface area contributed by atoms with Crippen LogP contribution in [-0.4, -0.2) is 10.8 Å². The maximum atomic E-state index is 12.5. The fourth-order valence-electron chi connectivity index (χ4n) is 2.51. The van der Waals surface area contributed by atoms with Gasteiger partial charge < -0.3 is 0 Å². The third kappa shape index (κ3) is 2.07. The van der Waals surface area contributed by atoms with Crippen molar-refractivity contribution in [2.45, 2.75) is 18.8 Å². The van der Waals surface area contributed by atoms with E-state index in [9.17, 15) is 4.79 Å². The minimum Gasteiger partial charge on any atom is -0.293 e. The average Bonchev–Trinajstić information content (AvgIpc) is 2.82. The number of rotatable bonds is 2. The fraction of sp³-hybridized carbons (Fsp3) is 0.200. The Morgan fingerprint density at radius 2 is 2.17 bits per heavy atom. The monoisotopic (exact) mass is 349 g/mol. The molecule has 3 rings (SSSR count). The Labute approximate surface area is 120 Å². The van der Waals surface area contributed by atoms with E-state index in [-0.39, 0.29) is 11.7 Å². The molecule has 0 fully saturated rings. The molecular formula is C15H12INO. The van der Waals surface area contributed by atoms with Gasteiger partial charge in [-0.1, -0.05) is 18.2 Å². The number of Topliss-reactive ketones (excluding diaryl/α,β-unsaturated/α-hetero) is 1. The van der Waals surface area contributed by atoms with E-state index in [1.165, 1.54) is 5.56 Å². The summed E-state index contributed by atoms with van der Waals surface area (Å²) in [7, 11) is 0. The van der Waals surface area contributed by atoms with Crippen LogP contribution in [0.25, 0.3) is 0 Å². The Kier molecular flexibility index (Phi) is 3.16. The molecule has 90 valence electrons. The van der Waals surface area contributed by atoms with Crippen LogP contribution in [0.15, 0.2) is 42.6 Å². The highest BCUT2D eigenvalue weighted by molar-refractivity contribution is 14.1. The molecular weight excluding hydrogens is 337 g/mol. The first-order chi connectivity index (χ1) is 8.75. The molecule has 2 aromatic rings. The minimum atomic E-state index is -0.0561. The number of aromatic nitrogens is 1. The van der Waals surface area contributed by atoms with E-state index in [1.54, 1.807) is 6.20 Å². The molecule has 1 aromatic heterocycles. The van der Waals surface area contributed by atoms with Crippen molar-refractivity contribution >= 4 is 28.4 Å². The molecule has 0 N–H and O–H groups in total. The quantitative estimate of drug-likeness (QED) is 0.613. The van der Waals surface area contributed by atoms with Gasteiger partial charge in [-0.05, 0) is 59.2 Å². The Morgan fingerprint density at radius 3 is 3.00 bits per heavy atom. The zero-order chi connectivity index (χ0) is 12.5. The molecule has 0 spiro atoms. The largest absolute Gasteiger partial charge is 0.293 e. The predicted molar refractivity (Wildman–Crippen MR) is 78.8 cm³/mol. The number of carbonyl (C=O) groups is 1. The minimum absolute atomic E-state index is 0.0561. The summed E-state index contributed by atoms with van der Waals surface area (Å²) >= 11 is 2.23. The summed E-state index contributed by atoms with van der Waals surface area (Å²) in [6.45, 7) is 0. The van der Waals surface area contributed by atoms with Crippen molar-refractivity contribution in [3.8, 4) is 0 Å².